The van der Waals surface area contributed by atoms with E-state index in [9.17, 15) is 8.42 Å². The molecule has 0 radical (unpaired) electrons. The monoisotopic (exact) mass is 309 g/mol. The van der Waals surface area contributed by atoms with Gasteiger partial charge in [0, 0.05) is 17.8 Å². The highest BCUT2D eigenvalue weighted by Crippen LogP contribution is 2.21. The number of aromatic amines is 1. The Labute approximate surface area is 119 Å². The highest BCUT2D eigenvalue weighted by molar-refractivity contribution is 7.89. The molecule has 3 aromatic rings. The number of rotatable bonds is 4. The summed E-state index contributed by atoms with van der Waals surface area (Å²) in [4.78, 5) is 0.143. The molecule has 0 amide bonds. The van der Waals surface area contributed by atoms with E-state index in [2.05, 4.69) is 23.7 Å². The lowest BCUT2D eigenvalue weighted by Gasteiger charge is -2.06. The fourth-order valence-corrected chi connectivity index (χ4v) is 3.57. The quantitative estimate of drug-likeness (QED) is 0.754. The van der Waals surface area contributed by atoms with Crippen molar-refractivity contribution in [3.63, 3.8) is 0 Å². The molecular formula is C11H11N5O2S2. The molecule has 0 fully saturated rings. The average molecular weight is 309 g/mol. The lowest BCUT2D eigenvalue weighted by atomic mass is 10.3. The average Bonchev–Trinajstić information content (AvgIpc) is 3.04. The Balaban J connectivity index is 1.92. The molecule has 7 nitrogen and oxygen atoms in total. The van der Waals surface area contributed by atoms with Crippen molar-refractivity contribution in [2.75, 3.05) is 0 Å². The smallest absolute Gasteiger partial charge is 0.243 e. The van der Waals surface area contributed by atoms with E-state index in [1.807, 2.05) is 6.92 Å². The molecule has 0 aliphatic rings. The Kier molecular flexibility index (Phi) is 3.24. The zero-order chi connectivity index (χ0) is 14.2. The van der Waals surface area contributed by atoms with Crippen molar-refractivity contribution in [1.82, 2.24) is 23.7 Å². The van der Waals surface area contributed by atoms with Gasteiger partial charge in [0.2, 0.25) is 10.0 Å². The third-order valence-corrected chi connectivity index (χ3v) is 4.90. The third kappa shape index (κ3) is 2.30. The number of nitrogens with one attached hydrogen (secondary N) is 2. The number of hydrogen-bond acceptors (Lipinski definition) is 6. The maximum Gasteiger partial charge on any atom is 0.243 e. The van der Waals surface area contributed by atoms with Gasteiger partial charge in [0.25, 0.3) is 0 Å². The third-order valence-electron chi connectivity index (χ3n) is 2.93. The van der Waals surface area contributed by atoms with Crippen LogP contribution < -0.4 is 4.72 Å². The number of aromatic nitrogens is 4. The van der Waals surface area contributed by atoms with Crippen LogP contribution in [0.3, 0.4) is 0 Å². The normalized spacial score (nSPS) is 12.1. The lowest BCUT2D eigenvalue weighted by Crippen LogP contribution is -2.23. The molecule has 20 heavy (non-hydrogen) atoms. The van der Waals surface area contributed by atoms with Crippen molar-refractivity contribution in [3.05, 3.63) is 35.7 Å². The van der Waals surface area contributed by atoms with E-state index < -0.39 is 10.0 Å². The van der Waals surface area contributed by atoms with Crippen molar-refractivity contribution < 1.29 is 8.42 Å². The summed E-state index contributed by atoms with van der Waals surface area (Å²) in [5.74, 6) is 0. The molecule has 0 aliphatic carbocycles. The van der Waals surface area contributed by atoms with E-state index in [4.69, 9.17) is 0 Å². The first kappa shape index (κ1) is 13.2. The van der Waals surface area contributed by atoms with Gasteiger partial charge in [-0.15, -0.1) is 0 Å². The van der Waals surface area contributed by atoms with Crippen LogP contribution in [-0.2, 0) is 16.6 Å². The molecule has 2 N–H and O–H groups in total. The zero-order valence-corrected chi connectivity index (χ0v) is 12.1. The minimum Gasteiger partial charge on any atom is -0.283 e. The summed E-state index contributed by atoms with van der Waals surface area (Å²) in [6.07, 6.45) is 1.60. The topological polar surface area (TPSA) is 101 Å². The largest absolute Gasteiger partial charge is 0.283 e. The van der Waals surface area contributed by atoms with E-state index in [1.54, 1.807) is 18.3 Å². The van der Waals surface area contributed by atoms with Gasteiger partial charge in [-0.25, -0.2) is 13.1 Å². The second kappa shape index (κ2) is 4.93. The van der Waals surface area contributed by atoms with Crippen molar-refractivity contribution in [3.8, 4) is 0 Å². The van der Waals surface area contributed by atoms with Crippen LogP contribution in [-0.4, -0.2) is 27.4 Å². The molecule has 9 heteroatoms. The number of benzene rings is 1. The van der Waals surface area contributed by atoms with Crippen LogP contribution >= 0.6 is 11.7 Å². The van der Waals surface area contributed by atoms with Gasteiger partial charge in [-0.2, -0.15) is 13.8 Å². The number of hydrogen-bond donors (Lipinski definition) is 2. The van der Waals surface area contributed by atoms with Gasteiger partial charge < -0.3 is 0 Å². The van der Waals surface area contributed by atoms with Crippen molar-refractivity contribution in [1.29, 1.82) is 0 Å². The fraction of sp³-hybridized carbons (Fsp3) is 0.182. The molecule has 0 saturated carbocycles. The van der Waals surface area contributed by atoms with E-state index in [-0.39, 0.29) is 11.4 Å². The lowest BCUT2D eigenvalue weighted by molar-refractivity contribution is 0.582. The second-order valence-electron chi connectivity index (χ2n) is 4.23. The van der Waals surface area contributed by atoms with Crippen LogP contribution in [0.4, 0.5) is 0 Å². The first-order valence-electron chi connectivity index (χ1n) is 5.78. The number of H-pyrrole nitrogens is 1. The van der Waals surface area contributed by atoms with E-state index >= 15 is 0 Å². The highest BCUT2D eigenvalue weighted by atomic mass is 32.2. The summed E-state index contributed by atoms with van der Waals surface area (Å²) >= 11 is 0.994. The van der Waals surface area contributed by atoms with Crippen molar-refractivity contribution >= 4 is 32.8 Å². The summed E-state index contributed by atoms with van der Waals surface area (Å²) < 4.78 is 35.3. The zero-order valence-electron chi connectivity index (χ0n) is 10.5. The fourth-order valence-electron chi connectivity index (χ4n) is 1.80. The minimum absolute atomic E-state index is 0.143. The molecule has 104 valence electrons. The Morgan fingerprint density at radius 3 is 2.95 bits per heavy atom. The maximum atomic E-state index is 12.3. The van der Waals surface area contributed by atoms with Gasteiger partial charge in [0.1, 0.15) is 15.9 Å². The summed E-state index contributed by atoms with van der Waals surface area (Å²) in [5, 5.41) is 6.62. The molecule has 2 heterocycles. The van der Waals surface area contributed by atoms with Crippen LogP contribution in [0.2, 0.25) is 0 Å². The van der Waals surface area contributed by atoms with E-state index in [1.165, 1.54) is 6.07 Å². The second-order valence-corrected chi connectivity index (χ2v) is 6.50. The maximum absolute atomic E-state index is 12.3. The highest BCUT2D eigenvalue weighted by Gasteiger charge is 2.19. The van der Waals surface area contributed by atoms with Gasteiger partial charge in [0.15, 0.2) is 0 Å². The SMILES string of the molecule is Cc1[nH]ncc1CNS(=O)(=O)c1cccc2nsnc12. The van der Waals surface area contributed by atoms with E-state index in [0.29, 0.717) is 11.0 Å². The number of fused-ring (bicyclic) bond motifs is 1. The molecular weight excluding hydrogens is 298 g/mol. The van der Waals surface area contributed by atoms with Gasteiger partial charge in [-0.3, -0.25) is 5.10 Å². The Morgan fingerprint density at radius 2 is 2.20 bits per heavy atom. The number of sulfonamides is 1. The molecule has 0 aliphatic heterocycles. The molecule has 0 spiro atoms. The van der Waals surface area contributed by atoms with Crippen molar-refractivity contribution in [2.45, 2.75) is 18.4 Å². The predicted octanol–water partition coefficient (Wildman–Crippen LogP) is 1.20. The molecule has 3 rings (SSSR count). The predicted molar refractivity (Wildman–Crippen MR) is 74.8 cm³/mol. The van der Waals surface area contributed by atoms with Gasteiger partial charge in [-0.05, 0) is 19.1 Å². The first-order valence-corrected chi connectivity index (χ1v) is 7.99. The Hall–Kier alpha value is -1.84. The van der Waals surface area contributed by atoms with Gasteiger partial charge >= 0.3 is 0 Å². The van der Waals surface area contributed by atoms with Crippen molar-refractivity contribution in [2.24, 2.45) is 0 Å². The van der Waals surface area contributed by atoms with Crippen LogP contribution in [0.1, 0.15) is 11.3 Å². The summed E-state index contributed by atoms with van der Waals surface area (Å²) in [6.45, 7) is 2.01. The number of aryl methyl sites for hydroxylation is 1. The van der Waals surface area contributed by atoms with Crippen LogP contribution in [0.5, 0.6) is 0 Å². The Morgan fingerprint density at radius 1 is 1.35 bits per heavy atom. The van der Waals surface area contributed by atoms with Crippen LogP contribution in [0, 0.1) is 6.92 Å². The summed E-state index contributed by atoms with van der Waals surface area (Å²) in [6, 6.07) is 4.91. The first-order chi connectivity index (χ1) is 9.58. The summed E-state index contributed by atoms with van der Waals surface area (Å²) in [7, 11) is -3.64. The summed E-state index contributed by atoms with van der Waals surface area (Å²) in [5.41, 5.74) is 2.62. The van der Waals surface area contributed by atoms with Gasteiger partial charge in [0.05, 0.1) is 17.9 Å². The molecule has 0 bridgehead atoms. The van der Waals surface area contributed by atoms with Crippen LogP contribution in [0.15, 0.2) is 29.3 Å². The standard InChI is InChI=1S/C11H11N5O2S2/c1-7-8(5-12-14-7)6-13-20(17,18)10-4-2-3-9-11(10)16-19-15-9/h2-5,13H,6H2,1H3,(H,12,14). The van der Waals surface area contributed by atoms with Crippen LogP contribution in [0.25, 0.3) is 11.0 Å². The molecule has 2 aromatic heterocycles. The molecule has 0 unspecified atom stereocenters. The van der Waals surface area contributed by atoms with Gasteiger partial charge in [-0.1, -0.05) is 6.07 Å². The molecule has 1 aromatic carbocycles. The molecule has 0 saturated heterocycles. The minimum atomic E-state index is -3.64. The Bertz CT molecular complexity index is 852. The van der Waals surface area contributed by atoms with E-state index in [0.717, 1.165) is 23.0 Å². The number of nitrogens with zero attached hydrogens (tertiary/aromatic N) is 3. The molecule has 0 atom stereocenters.